The molecule has 0 aliphatic heterocycles. The van der Waals surface area contributed by atoms with E-state index in [4.69, 9.17) is 8.83 Å². The maximum absolute atomic E-state index is 6.84. The highest BCUT2D eigenvalue weighted by Gasteiger charge is 2.53. The molecule has 4 nitrogen and oxygen atoms in total. The number of rotatable bonds is 8. The van der Waals surface area contributed by atoms with Crippen LogP contribution in [0.3, 0.4) is 0 Å². The number of anilines is 6. The molecule has 0 fully saturated rings. The lowest BCUT2D eigenvalue weighted by atomic mass is 9.69. The van der Waals surface area contributed by atoms with Crippen molar-refractivity contribution in [2.45, 2.75) is 5.41 Å². The van der Waals surface area contributed by atoms with Crippen molar-refractivity contribution < 1.29 is 8.83 Å². The van der Waals surface area contributed by atoms with Gasteiger partial charge in [-0.25, -0.2) is 0 Å². The molecule has 1 unspecified atom stereocenters. The lowest BCUT2D eigenvalue weighted by Crippen LogP contribution is -2.26. The number of fused-ring (bicyclic) bond motifs is 21. The van der Waals surface area contributed by atoms with E-state index in [9.17, 15) is 0 Å². The summed E-state index contributed by atoms with van der Waals surface area (Å²) in [5, 5.41) is 11.6. The van der Waals surface area contributed by atoms with Crippen LogP contribution in [0.25, 0.3) is 121 Å². The highest BCUT2D eigenvalue weighted by molar-refractivity contribution is 6.14. The fourth-order valence-electron chi connectivity index (χ4n) is 15.3. The number of para-hydroxylation sites is 4. The number of hydrogen-bond acceptors (Lipinski definition) is 4. The van der Waals surface area contributed by atoms with Crippen molar-refractivity contribution in [3.63, 3.8) is 0 Å². The fourth-order valence-corrected chi connectivity index (χ4v) is 15.3. The summed E-state index contributed by atoms with van der Waals surface area (Å²) in [6.07, 6.45) is 0. The van der Waals surface area contributed by atoms with Crippen LogP contribution >= 0.6 is 0 Å². The minimum Gasteiger partial charge on any atom is -0.454 e. The zero-order valence-electron chi connectivity index (χ0n) is 48.2. The molecule has 0 amide bonds. The van der Waals surface area contributed by atoms with Gasteiger partial charge in [-0.3, -0.25) is 0 Å². The van der Waals surface area contributed by atoms with Gasteiger partial charge in [-0.05, 0) is 184 Å². The van der Waals surface area contributed by atoms with Crippen molar-refractivity contribution in [3.05, 3.63) is 338 Å². The average molecular weight is 1130 g/mol. The Kier molecular flexibility index (Phi) is 10.7. The Morgan fingerprint density at radius 3 is 1.38 bits per heavy atom. The maximum atomic E-state index is 6.84. The summed E-state index contributed by atoms with van der Waals surface area (Å²) >= 11 is 0. The highest BCUT2D eigenvalue weighted by Crippen LogP contribution is 2.66. The summed E-state index contributed by atoms with van der Waals surface area (Å²) in [5.74, 6) is 0. The molecule has 2 aromatic heterocycles. The van der Waals surface area contributed by atoms with Crippen LogP contribution in [0, 0.1) is 0 Å². The Labute approximate surface area is 513 Å². The maximum Gasteiger partial charge on any atom is 0.159 e. The molecule has 1 atom stereocenters. The SMILES string of the molecule is c1ccc(-c2ccc(N(c3ccc4cc5c(cc4c3)C3(c4ccccc4-c4c3ccc3ccccc43)c3c-5ccc4cc(N(c5ccc(-c6ccccc6)cc5)c5cccc6c5oc5ccccc56)ccc34)c3cccc4c3oc3ccccc34)cc2)cc1. The first-order valence-corrected chi connectivity index (χ1v) is 30.6. The van der Waals surface area contributed by atoms with Crippen LogP contribution in [0.15, 0.2) is 324 Å². The van der Waals surface area contributed by atoms with Crippen LogP contribution in [0.2, 0.25) is 0 Å². The van der Waals surface area contributed by atoms with E-state index in [2.05, 4.69) is 313 Å². The molecular formula is C85H52N2O2. The fraction of sp³-hybridized carbons (Fsp3) is 0.0118. The van der Waals surface area contributed by atoms with Gasteiger partial charge in [0.15, 0.2) is 11.2 Å². The Bertz CT molecular complexity index is 5740. The lowest BCUT2D eigenvalue weighted by Gasteiger charge is -2.32. The number of benzene rings is 15. The van der Waals surface area contributed by atoms with Crippen molar-refractivity contribution >= 4 is 110 Å². The van der Waals surface area contributed by atoms with E-state index >= 15 is 0 Å². The third kappa shape index (κ3) is 7.29. The van der Waals surface area contributed by atoms with Gasteiger partial charge >= 0.3 is 0 Å². The second-order valence-corrected chi connectivity index (χ2v) is 23.8. The summed E-state index contributed by atoms with van der Waals surface area (Å²) in [7, 11) is 0. The molecule has 0 bridgehead atoms. The van der Waals surface area contributed by atoms with Gasteiger partial charge < -0.3 is 18.6 Å². The minimum atomic E-state index is -0.675. The normalized spacial score (nSPS) is 13.9. The van der Waals surface area contributed by atoms with Gasteiger partial charge in [-0.2, -0.15) is 0 Å². The average Bonchev–Trinajstić information content (AvgIpc) is 1.53. The van der Waals surface area contributed by atoms with E-state index in [0.717, 1.165) is 99.9 Å². The monoisotopic (exact) mass is 1130 g/mol. The van der Waals surface area contributed by atoms with Crippen molar-refractivity contribution in [1.29, 1.82) is 0 Å². The van der Waals surface area contributed by atoms with Crippen LogP contribution in [0.5, 0.6) is 0 Å². The van der Waals surface area contributed by atoms with Crippen LogP contribution in [0.4, 0.5) is 34.1 Å². The third-order valence-corrected chi connectivity index (χ3v) is 19.2. The van der Waals surface area contributed by atoms with Crippen molar-refractivity contribution in [3.8, 4) is 44.5 Å². The molecule has 89 heavy (non-hydrogen) atoms. The molecule has 2 aliphatic carbocycles. The molecule has 19 rings (SSSR count). The molecule has 414 valence electrons. The van der Waals surface area contributed by atoms with E-state index in [-0.39, 0.29) is 0 Å². The summed E-state index contributed by atoms with van der Waals surface area (Å²) in [4.78, 5) is 4.76. The molecule has 0 N–H and O–H groups in total. The summed E-state index contributed by atoms with van der Waals surface area (Å²) < 4.78 is 13.7. The summed E-state index contributed by atoms with van der Waals surface area (Å²) in [6.45, 7) is 0. The molecule has 2 aliphatic rings. The Morgan fingerprint density at radius 2 is 0.742 bits per heavy atom. The zero-order chi connectivity index (χ0) is 58.3. The Hall–Kier alpha value is -11.7. The predicted molar refractivity (Wildman–Crippen MR) is 370 cm³/mol. The van der Waals surface area contributed by atoms with Crippen LogP contribution < -0.4 is 9.80 Å². The molecule has 17 aromatic rings. The third-order valence-electron chi connectivity index (χ3n) is 19.2. The lowest BCUT2D eigenvalue weighted by molar-refractivity contribution is 0.668. The molecule has 0 radical (unpaired) electrons. The van der Waals surface area contributed by atoms with Crippen molar-refractivity contribution in [2.24, 2.45) is 0 Å². The smallest absolute Gasteiger partial charge is 0.159 e. The Balaban J connectivity index is 0.834. The van der Waals surface area contributed by atoms with Gasteiger partial charge in [0.25, 0.3) is 0 Å². The molecule has 0 saturated heterocycles. The molecule has 0 saturated carbocycles. The molecule has 2 heterocycles. The number of nitrogens with zero attached hydrogens (tertiary/aromatic N) is 2. The summed E-state index contributed by atoms with van der Waals surface area (Å²) in [5.41, 5.74) is 23.8. The largest absolute Gasteiger partial charge is 0.454 e. The van der Waals surface area contributed by atoms with Gasteiger partial charge in [0.05, 0.1) is 16.8 Å². The first kappa shape index (κ1) is 49.5. The van der Waals surface area contributed by atoms with Gasteiger partial charge in [-0.15, -0.1) is 0 Å². The quantitative estimate of drug-likeness (QED) is 0.152. The first-order chi connectivity index (χ1) is 44.1. The van der Waals surface area contributed by atoms with Gasteiger partial charge in [0.1, 0.15) is 11.2 Å². The first-order valence-electron chi connectivity index (χ1n) is 30.6. The molecule has 15 aromatic carbocycles. The van der Waals surface area contributed by atoms with Gasteiger partial charge in [0.2, 0.25) is 0 Å². The van der Waals surface area contributed by atoms with Crippen molar-refractivity contribution in [1.82, 2.24) is 0 Å². The van der Waals surface area contributed by atoms with Gasteiger partial charge in [0, 0.05) is 44.3 Å². The van der Waals surface area contributed by atoms with E-state index in [0.29, 0.717) is 0 Å². The van der Waals surface area contributed by atoms with Crippen LogP contribution in [-0.2, 0) is 5.41 Å². The molecular weight excluding hydrogens is 1080 g/mol. The van der Waals surface area contributed by atoms with Crippen LogP contribution in [-0.4, -0.2) is 0 Å². The number of furan rings is 2. The molecule has 1 spiro atoms. The van der Waals surface area contributed by atoms with E-state index in [1.54, 1.807) is 0 Å². The summed E-state index contributed by atoms with van der Waals surface area (Å²) in [6, 6.07) is 116. The predicted octanol–water partition coefficient (Wildman–Crippen LogP) is 23.6. The Morgan fingerprint density at radius 1 is 0.247 bits per heavy atom. The van der Waals surface area contributed by atoms with Crippen molar-refractivity contribution in [2.75, 3.05) is 9.80 Å². The van der Waals surface area contributed by atoms with Crippen LogP contribution in [0.1, 0.15) is 22.3 Å². The zero-order valence-corrected chi connectivity index (χ0v) is 48.2. The van der Waals surface area contributed by atoms with E-state index in [1.807, 2.05) is 12.1 Å². The second kappa shape index (κ2) is 19.1. The molecule has 4 heteroatoms. The number of hydrogen-bond donors (Lipinski definition) is 0. The minimum absolute atomic E-state index is 0.675. The van der Waals surface area contributed by atoms with E-state index in [1.165, 1.54) is 77.2 Å². The highest BCUT2D eigenvalue weighted by atomic mass is 16.3. The van der Waals surface area contributed by atoms with E-state index < -0.39 is 5.41 Å². The second-order valence-electron chi connectivity index (χ2n) is 23.8. The standard InChI is InChI=1S/C85H52N2O2/c1-3-17-53(18-4-1)55-33-40-61(41-34-55)86(77-29-15-26-70-67-23-10-13-31-79(67)88-83(70)77)63-44-37-58-51-73-69-46-38-59-49-64(87(62-42-35-56(36-43-62)54-19-5-2-6-20-54)78-30-16-27-71-68-24-11-14-32-80(68)89-84(71)78)45-47-66(59)82(69)85(76(73)52-60(58)50-63)74-28-12-9-25-72(74)81-65-22-8-7-21-57(65)39-48-75(81)85/h1-52H. The topological polar surface area (TPSA) is 32.8 Å². The van der Waals surface area contributed by atoms with Gasteiger partial charge in [-0.1, -0.05) is 231 Å².